The summed E-state index contributed by atoms with van der Waals surface area (Å²) in [6.45, 7) is 0.655. The van der Waals surface area contributed by atoms with Gasteiger partial charge < -0.3 is 19.2 Å². The molecule has 28 heavy (non-hydrogen) atoms. The number of benzene rings is 2. The number of nitrogens with zero attached hydrogens (tertiary/aromatic N) is 2. The van der Waals surface area contributed by atoms with Crippen molar-refractivity contribution in [2.45, 2.75) is 19.1 Å². The van der Waals surface area contributed by atoms with E-state index in [1.807, 2.05) is 24.3 Å². The number of halogens is 1. The van der Waals surface area contributed by atoms with Crippen molar-refractivity contribution < 1.29 is 23.5 Å². The van der Waals surface area contributed by atoms with Gasteiger partial charge in [0.1, 0.15) is 18.2 Å². The Morgan fingerprint density at radius 3 is 2.68 bits per heavy atom. The van der Waals surface area contributed by atoms with E-state index >= 15 is 0 Å². The molecule has 0 saturated carbocycles. The zero-order valence-electron chi connectivity index (χ0n) is 15.9. The van der Waals surface area contributed by atoms with Crippen molar-refractivity contribution in [3.05, 3.63) is 65.5 Å². The number of carbonyl (C=O) groups is 1. The van der Waals surface area contributed by atoms with Gasteiger partial charge in [0, 0.05) is 25.6 Å². The summed E-state index contributed by atoms with van der Waals surface area (Å²) in [4.78, 5) is 19.7. The summed E-state index contributed by atoms with van der Waals surface area (Å²) in [6, 6.07) is 13.7. The van der Waals surface area contributed by atoms with Crippen LogP contribution in [-0.2, 0) is 20.9 Å². The van der Waals surface area contributed by atoms with Crippen LogP contribution in [0, 0.1) is 5.82 Å². The Hall–Kier alpha value is -2.93. The monoisotopic (exact) mass is 386 g/mol. The Kier molecular flexibility index (Phi) is 6.60. The normalized spacial score (nSPS) is 15.7. The predicted molar refractivity (Wildman–Crippen MR) is 103 cm³/mol. The van der Waals surface area contributed by atoms with Crippen molar-refractivity contribution in [3.8, 4) is 5.75 Å². The predicted octanol–water partition coefficient (Wildman–Crippen LogP) is 3.00. The summed E-state index contributed by atoms with van der Waals surface area (Å²) in [5, 5.41) is 4.19. The zero-order chi connectivity index (χ0) is 19.9. The van der Waals surface area contributed by atoms with Crippen LogP contribution in [0.15, 0.2) is 53.7 Å². The molecule has 1 atom stereocenters. The van der Waals surface area contributed by atoms with Crippen LogP contribution in [0.5, 0.6) is 5.75 Å². The lowest BCUT2D eigenvalue weighted by Crippen LogP contribution is -2.39. The lowest BCUT2D eigenvalue weighted by Gasteiger charge is -2.24. The average Bonchev–Trinajstić information content (AvgIpc) is 3.17. The Morgan fingerprint density at radius 1 is 1.21 bits per heavy atom. The molecule has 0 bridgehead atoms. The third-order valence-electron chi connectivity index (χ3n) is 4.48. The largest absolute Gasteiger partial charge is 0.496 e. The Labute approximate surface area is 163 Å². The first-order valence-electron chi connectivity index (χ1n) is 8.98. The average molecular weight is 386 g/mol. The highest BCUT2D eigenvalue weighted by Gasteiger charge is 2.28. The maximum atomic E-state index is 13.2. The van der Waals surface area contributed by atoms with Crippen LogP contribution in [0.3, 0.4) is 0 Å². The lowest BCUT2D eigenvalue weighted by molar-refractivity contribution is -0.137. The van der Waals surface area contributed by atoms with Gasteiger partial charge in [0.15, 0.2) is 6.10 Å². The summed E-state index contributed by atoms with van der Waals surface area (Å²) in [5.74, 6) is 0.248. The fourth-order valence-corrected chi connectivity index (χ4v) is 3.09. The molecule has 7 heteroatoms. The molecule has 1 aliphatic heterocycles. The van der Waals surface area contributed by atoms with E-state index in [-0.39, 0.29) is 24.4 Å². The van der Waals surface area contributed by atoms with Crippen molar-refractivity contribution in [2.24, 2.45) is 5.16 Å². The van der Waals surface area contributed by atoms with Gasteiger partial charge in [-0.15, -0.1) is 0 Å². The standard InChI is InChI=1S/C21H23FN2O4/c1-26-14-21(25)24(12-15-7-9-16(22)10-8-15)13-17-11-19(23-28-17)18-5-3-4-6-20(18)27-2/h3-10,17H,11-14H2,1-2H3/t17-/m1/s1. The van der Waals surface area contributed by atoms with Crippen molar-refractivity contribution in [1.82, 2.24) is 4.90 Å². The van der Waals surface area contributed by atoms with Crippen LogP contribution in [0.4, 0.5) is 4.39 Å². The van der Waals surface area contributed by atoms with Crippen molar-refractivity contribution in [3.63, 3.8) is 0 Å². The van der Waals surface area contributed by atoms with E-state index in [1.54, 1.807) is 24.1 Å². The van der Waals surface area contributed by atoms with E-state index in [0.717, 1.165) is 22.6 Å². The van der Waals surface area contributed by atoms with E-state index in [1.165, 1.54) is 19.2 Å². The first kappa shape index (κ1) is 19.8. The van der Waals surface area contributed by atoms with Gasteiger partial charge in [0.25, 0.3) is 0 Å². The van der Waals surface area contributed by atoms with Gasteiger partial charge in [-0.3, -0.25) is 4.79 Å². The number of ether oxygens (including phenoxy) is 2. The van der Waals surface area contributed by atoms with Crippen molar-refractivity contribution in [2.75, 3.05) is 27.4 Å². The lowest BCUT2D eigenvalue weighted by atomic mass is 10.0. The van der Waals surface area contributed by atoms with E-state index in [9.17, 15) is 9.18 Å². The molecule has 1 heterocycles. The first-order chi connectivity index (χ1) is 13.6. The van der Waals surface area contributed by atoms with Crippen molar-refractivity contribution in [1.29, 1.82) is 0 Å². The van der Waals surface area contributed by atoms with E-state index in [0.29, 0.717) is 19.5 Å². The van der Waals surface area contributed by atoms with E-state index in [2.05, 4.69) is 5.16 Å². The molecule has 2 aromatic carbocycles. The number of hydrogen-bond acceptors (Lipinski definition) is 5. The SMILES string of the molecule is COCC(=O)N(Cc1ccc(F)cc1)C[C@H]1CC(c2ccccc2OC)=NO1. The molecule has 0 spiro atoms. The van der Waals surface area contributed by atoms with Gasteiger partial charge in [-0.25, -0.2) is 4.39 Å². The van der Waals surface area contributed by atoms with Gasteiger partial charge in [-0.2, -0.15) is 0 Å². The second-order valence-corrected chi connectivity index (χ2v) is 6.50. The van der Waals surface area contributed by atoms with Gasteiger partial charge in [-0.05, 0) is 29.8 Å². The van der Waals surface area contributed by atoms with Gasteiger partial charge >= 0.3 is 0 Å². The molecule has 3 rings (SSSR count). The van der Waals surface area contributed by atoms with Gasteiger partial charge in [0.2, 0.25) is 5.91 Å². The Balaban J connectivity index is 1.68. The van der Waals surface area contributed by atoms with Crippen LogP contribution in [-0.4, -0.2) is 50.0 Å². The fourth-order valence-electron chi connectivity index (χ4n) is 3.09. The number of rotatable bonds is 8. The number of carbonyl (C=O) groups excluding carboxylic acids is 1. The first-order valence-corrected chi connectivity index (χ1v) is 8.98. The minimum Gasteiger partial charge on any atom is -0.496 e. The summed E-state index contributed by atoms with van der Waals surface area (Å²) in [6.07, 6.45) is 0.279. The Morgan fingerprint density at radius 2 is 1.96 bits per heavy atom. The number of hydrogen-bond donors (Lipinski definition) is 0. The molecule has 0 radical (unpaired) electrons. The number of para-hydroxylation sites is 1. The molecule has 0 saturated heterocycles. The van der Waals surface area contributed by atoms with Crippen LogP contribution in [0.2, 0.25) is 0 Å². The number of methoxy groups -OCH3 is 2. The van der Waals surface area contributed by atoms with Crippen LogP contribution in [0.1, 0.15) is 17.5 Å². The molecule has 0 aliphatic carbocycles. The number of amides is 1. The highest BCUT2D eigenvalue weighted by molar-refractivity contribution is 6.03. The highest BCUT2D eigenvalue weighted by Crippen LogP contribution is 2.25. The van der Waals surface area contributed by atoms with E-state index in [4.69, 9.17) is 14.3 Å². The summed E-state index contributed by atoms with van der Waals surface area (Å²) in [7, 11) is 3.09. The number of oxime groups is 1. The molecule has 0 fully saturated rings. The third-order valence-corrected chi connectivity index (χ3v) is 4.48. The maximum absolute atomic E-state index is 13.2. The molecule has 0 aromatic heterocycles. The second kappa shape index (κ2) is 9.32. The summed E-state index contributed by atoms with van der Waals surface area (Å²) < 4.78 is 23.5. The smallest absolute Gasteiger partial charge is 0.248 e. The molecule has 1 amide bonds. The maximum Gasteiger partial charge on any atom is 0.248 e. The second-order valence-electron chi connectivity index (χ2n) is 6.50. The molecule has 1 aliphatic rings. The zero-order valence-corrected chi connectivity index (χ0v) is 15.9. The molecular weight excluding hydrogens is 363 g/mol. The Bertz CT molecular complexity index is 839. The summed E-state index contributed by atoms with van der Waals surface area (Å²) >= 11 is 0. The van der Waals surface area contributed by atoms with Crippen LogP contribution >= 0.6 is 0 Å². The highest BCUT2D eigenvalue weighted by atomic mass is 19.1. The minimum atomic E-state index is -0.313. The van der Waals surface area contributed by atoms with Crippen LogP contribution < -0.4 is 4.74 Å². The molecular formula is C21H23FN2O4. The van der Waals surface area contributed by atoms with E-state index < -0.39 is 0 Å². The molecule has 6 nitrogen and oxygen atoms in total. The van der Waals surface area contributed by atoms with Crippen LogP contribution in [0.25, 0.3) is 0 Å². The third kappa shape index (κ3) is 4.86. The molecule has 0 unspecified atom stereocenters. The molecule has 2 aromatic rings. The van der Waals surface area contributed by atoms with Gasteiger partial charge in [0.05, 0.1) is 19.4 Å². The minimum absolute atomic E-state index is 0.0336. The quantitative estimate of drug-likeness (QED) is 0.700. The topological polar surface area (TPSA) is 60.4 Å². The molecule has 148 valence electrons. The molecule has 0 N–H and O–H groups in total. The fraction of sp³-hybridized carbons (Fsp3) is 0.333. The summed E-state index contributed by atoms with van der Waals surface area (Å²) in [5.41, 5.74) is 2.49. The van der Waals surface area contributed by atoms with Crippen molar-refractivity contribution >= 4 is 11.6 Å². The van der Waals surface area contributed by atoms with Gasteiger partial charge in [-0.1, -0.05) is 29.4 Å².